The summed E-state index contributed by atoms with van der Waals surface area (Å²) in [6.07, 6.45) is 6.68. The molecule has 2 aromatic carbocycles. The number of benzene rings is 2. The van der Waals surface area contributed by atoms with E-state index in [9.17, 15) is 0 Å². The van der Waals surface area contributed by atoms with Gasteiger partial charge in [-0.15, -0.1) is 0 Å². The molecule has 2 heteroatoms. The lowest BCUT2D eigenvalue weighted by Crippen LogP contribution is -2.21. The van der Waals surface area contributed by atoms with Crippen LogP contribution in [0.1, 0.15) is 12.8 Å². The molecule has 0 aliphatic heterocycles. The van der Waals surface area contributed by atoms with E-state index in [2.05, 4.69) is 78.9 Å². The summed E-state index contributed by atoms with van der Waals surface area (Å²) in [6, 6.07) is 23.6. The van der Waals surface area contributed by atoms with Gasteiger partial charge in [-0.2, -0.15) is 0 Å². The van der Waals surface area contributed by atoms with Crippen molar-refractivity contribution in [1.29, 1.82) is 0 Å². The van der Waals surface area contributed by atoms with Crippen molar-refractivity contribution in [2.45, 2.75) is 12.8 Å². The molecule has 22 heavy (non-hydrogen) atoms. The van der Waals surface area contributed by atoms with Crippen molar-refractivity contribution in [2.75, 3.05) is 0 Å². The normalized spacial score (nSPS) is 13.3. The van der Waals surface area contributed by atoms with E-state index in [-0.39, 0.29) is 0 Å². The molecule has 1 aliphatic rings. The Labute approximate surface area is 131 Å². The van der Waals surface area contributed by atoms with Crippen molar-refractivity contribution < 1.29 is 4.42 Å². The molecule has 4 rings (SSSR count). The van der Waals surface area contributed by atoms with Gasteiger partial charge in [0.1, 0.15) is 10.9 Å². The molecule has 3 aromatic rings. The number of hydrogen-bond donors (Lipinski definition) is 0. The fourth-order valence-electron chi connectivity index (χ4n) is 2.85. The third-order valence-corrected chi connectivity index (χ3v) is 6.18. The van der Waals surface area contributed by atoms with Crippen LogP contribution < -0.4 is 26.7 Å². The van der Waals surface area contributed by atoms with Gasteiger partial charge in [-0.1, -0.05) is 66.7 Å². The van der Waals surface area contributed by atoms with E-state index >= 15 is 0 Å². The molecular weight excluding hydrogens is 287 g/mol. The van der Waals surface area contributed by atoms with Gasteiger partial charge >= 0.3 is 0 Å². The fourth-order valence-corrected chi connectivity index (χ4v) is 5.05. The summed E-state index contributed by atoms with van der Waals surface area (Å²) in [6.45, 7) is 0. The lowest BCUT2D eigenvalue weighted by Gasteiger charge is -2.15. The van der Waals surface area contributed by atoms with Gasteiger partial charge < -0.3 is 4.42 Å². The minimum atomic E-state index is -0.632. The van der Waals surface area contributed by atoms with Crippen molar-refractivity contribution in [3.05, 3.63) is 77.4 Å². The van der Waals surface area contributed by atoms with E-state index in [0.29, 0.717) is 0 Å². The van der Waals surface area contributed by atoms with Crippen LogP contribution in [0, 0.1) is 0 Å². The lowest BCUT2D eigenvalue weighted by molar-refractivity contribution is 0.560. The van der Waals surface area contributed by atoms with Gasteiger partial charge in [0.2, 0.25) is 0 Å². The van der Waals surface area contributed by atoms with Gasteiger partial charge in [0.25, 0.3) is 0 Å². The Morgan fingerprint density at radius 2 is 1.32 bits per heavy atom. The highest BCUT2D eigenvalue weighted by molar-refractivity contribution is 7.79. The van der Waals surface area contributed by atoms with Crippen LogP contribution in [0.4, 0.5) is 0 Å². The zero-order valence-electron chi connectivity index (χ0n) is 12.3. The molecule has 0 saturated carbocycles. The summed E-state index contributed by atoms with van der Waals surface area (Å²) >= 11 is 0. The molecule has 1 aliphatic carbocycles. The average molecular weight is 304 g/mol. The summed E-state index contributed by atoms with van der Waals surface area (Å²) < 4.78 is 6.22. The summed E-state index contributed by atoms with van der Waals surface area (Å²) in [7, 11) is -0.632. The van der Waals surface area contributed by atoms with Gasteiger partial charge in [-0.25, -0.2) is 0 Å². The number of rotatable bonds is 3. The Bertz CT molecular complexity index is 805. The van der Waals surface area contributed by atoms with Crippen LogP contribution in [0.3, 0.4) is 0 Å². The van der Waals surface area contributed by atoms with Crippen LogP contribution in [0.2, 0.25) is 0 Å². The summed E-state index contributed by atoms with van der Waals surface area (Å²) in [5.41, 5.74) is 2.13. The summed E-state index contributed by atoms with van der Waals surface area (Å²) in [5, 5.41) is 3.91. The van der Waals surface area contributed by atoms with Crippen molar-refractivity contribution in [3.63, 3.8) is 0 Å². The quantitative estimate of drug-likeness (QED) is 0.677. The molecule has 0 atom stereocenters. The molecule has 0 spiro atoms. The molecule has 1 aromatic heterocycles. The van der Waals surface area contributed by atoms with E-state index in [1.165, 1.54) is 15.8 Å². The number of hydrogen-bond acceptors (Lipinski definition) is 1. The molecule has 0 unspecified atom stereocenters. The van der Waals surface area contributed by atoms with Crippen LogP contribution in [0.5, 0.6) is 0 Å². The zero-order valence-corrected chi connectivity index (χ0v) is 13.2. The lowest BCUT2D eigenvalue weighted by atomic mass is 10.2. The maximum Gasteiger partial charge on any atom is 0.135 e. The first kappa shape index (κ1) is 13.5. The molecule has 0 fully saturated rings. The highest BCUT2D eigenvalue weighted by atomic mass is 31.1. The van der Waals surface area contributed by atoms with Crippen LogP contribution in [0.25, 0.3) is 12.2 Å². The standard InChI is InChI=1S/C20H17OP/c1-3-10-17(11-4-1)22(18-12-5-2-6-13-18)20-15-16-9-7-8-14-19(16)21-20/h1-6,9-15H,7-8H2. The molecule has 1 heterocycles. The minimum absolute atomic E-state index is 0.632. The molecule has 0 saturated heterocycles. The first-order valence-corrected chi connectivity index (χ1v) is 8.96. The molecule has 0 bridgehead atoms. The Morgan fingerprint density at radius 1 is 0.727 bits per heavy atom. The number of fused-ring (bicyclic) bond motifs is 1. The maximum absolute atomic E-state index is 6.22. The number of furan rings is 1. The SMILES string of the molecule is C1=c2cc(P(c3ccccc3)c3ccccc3)oc2=CCC1. The van der Waals surface area contributed by atoms with Gasteiger partial charge in [0.15, 0.2) is 0 Å². The molecule has 0 N–H and O–H groups in total. The average Bonchev–Trinajstić information content (AvgIpc) is 3.00. The fraction of sp³-hybridized carbons (Fsp3) is 0.100. The second-order valence-electron chi connectivity index (χ2n) is 5.40. The van der Waals surface area contributed by atoms with Crippen LogP contribution in [-0.2, 0) is 0 Å². The van der Waals surface area contributed by atoms with Crippen molar-refractivity contribution >= 4 is 36.2 Å². The van der Waals surface area contributed by atoms with Crippen LogP contribution >= 0.6 is 7.92 Å². The van der Waals surface area contributed by atoms with Gasteiger partial charge in [0.05, 0.1) is 0 Å². The largest absolute Gasteiger partial charge is 0.456 e. The zero-order chi connectivity index (χ0) is 14.8. The van der Waals surface area contributed by atoms with Gasteiger partial charge in [0, 0.05) is 13.1 Å². The predicted octanol–water partition coefficient (Wildman–Crippen LogP) is 2.39. The Balaban J connectivity index is 1.90. The third-order valence-electron chi connectivity index (χ3n) is 3.89. The van der Waals surface area contributed by atoms with Crippen molar-refractivity contribution in [3.8, 4) is 0 Å². The second kappa shape index (κ2) is 5.94. The molecular formula is C20H17OP. The first-order valence-electron chi connectivity index (χ1n) is 7.62. The second-order valence-corrected chi connectivity index (χ2v) is 7.54. The van der Waals surface area contributed by atoms with E-state index in [4.69, 9.17) is 4.42 Å². The Morgan fingerprint density at radius 3 is 1.91 bits per heavy atom. The molecule has 0 amide bonds. The molecule has 1 nitrogen and oxygen atoms in total. The summed E-state index contributed by atoms with van der Waals surface area (Å²) in [4.78, 5) is 0. The van der Waals surface area contributed by atoms with Crippen molar-refractivity contribution in [1.82, 2.24) is 0 Å². The van der Waals surface area contributed by atoms with E-state index in [1.54, 1.807) is 0 Å². The van der Waals surface area contributed by atoms with Crippen molar-refractivity contribution in [2.24, 2.45) is 0 Å². The first-order chi connectivity index (χ1) is 10.9. The molecule has 0 radical (unpaired) electrons. The van der Waals surface area contributed by atoms with Gasteiger partial charge in [-0.3, -0.25) is 0 Å². The Hall–Kier alpha value is -2.11. The minimum Gasteiger partial charge on any atom is -0.456 e. The van der Waals surface area contributed by atoms with Gasteiger partial charge in [-0.05, 0) is 35.6 Å². The van der Waals surface area contributed by atoms with E-state index < -0.39 is 7.92 Å². The monoisotopic (exact) mass is 304 g/mol. The molecule has 108 valence electrons. The van der Waals surface area contributed by atoms with Crippen LogP contribution in [-0.4, -0.2) is 0 Å². The van der Waals surface area contributed by atoms with Crippen LogP contribution in [0.15, 0.2) is 71.1 Å². The smallest absolute Gasteiger partial charge is 0.135 e. The topological polar surface area (TPSA) is 13.1 Å². The third kappa shape index (κ3) is 2.53. The Kier molecular flexibility index (Phi) is 3.66. The predicted molar refractivity (Wildman–Crippen MR) is 94.8 cm³/mol. The summed E-state index contributed by atoms with van der Waals surface area (Å²) in [5.74, 6) is 0. The highest BCUT2D eigenvalue weighted by Crippen LogP contribution is 2.31. The highest BCUT2D eigenvalue weighted by Gasteiger charge is 2.19. The van der Waals surface area contributed by atoms with E-state index in [1.807, 2.05) is 0 Å². The maximum atomic E-state index is 6.22. The van der Waals surface area contributed by atoms with E-state index in [0.717, 1.165) is 23.8 Å².